The van der Waals surface area contributed by atoms with Crippen LogP contribution in [-0.4, -0.2) is 7.05 Å². The van der Waals surface area contributed by atoms with E-state index in [0.29, 0.717) is 6.04 Å². The molecule has 90 valence electrons. The van der Waals surface area contributed by atoms with E-state index in [9.17, 15) is 0 Å². The number of alkyl halides is 1. The van der Waals surface area contributed by atoms with E-state index in [4.69, 9.17) is 0 Å². The standard InChI is InChI=1S/C14H16BrNS/c1-11(14-8-5-9-17-14)16(2)13-7-4-3-6-12(13)10-15/h3-9,11H,10H2,1-2H3. The molecular formula is C14H16BrNS. The van der Waals surface area contributed by atoms with Crippen molar-refractivity contribution in [3.05, 3.63) is 52.2 Å². The van der Waals surface area contributed by atoms with Crippen LogP contribution in [0.1, 0.15) is 23.4 Å². The lowest BCUT2D eigenvalue weighted by atomic mass is 10.1. The fraction of sp³-hybridized carbons (Fsp3) is 0.286. The molecule has 0 aliphatic carbocycles. The molecular weight excluding hydrogens is 294 g/mol. The number of hydrogen-bond donors (Lipinski definition) is 0. The van der Waals surface area contributed by atoms with E-state index in [1.165, 1.54) is 16.1 Å². The maximum atomic E-state index is 3.55. The van der Waals surface area contributed by atoms with Gasteiger partial charge >= 0.3 is 0 Å². The summed E-state index contributed by atoms with van der Waals surface area (Å²) in [5.41, 5.74) is 2.63. The van der Waals surface area contributed by atoms with E-state index in [0.717, 1.165) is 5.33 Å². The molecule has 0 radical (unpaired) electrons. The van der Waals surface area contributed by atoms with Crippen molar-refractivity contribution in [2.75, 3.05) is 11.9 Å². The summed E-state index contributed by atoms with van der Waals surface area (Å²) in [6, 6.07) is 13.3. The van der Waals surface area contributed by atoms with E-state index in [-0.39, 0.29) is 0 Å². The first-order valence-electron chi connectivity index (χ1n) is 5.64. The van der Waals surface area contributed by atoms with Crippen molar-refractivity contribution in [3.63, 3.8) is 0 Å². The Morgan fingerprint density at radius 1 is 1.24 bits per heavy atom. The molecule has 0 fully saturated rings. The van der Waals surface area contributed by atoms with Crippen molar-refractivity contribution in [1.29, 1.82) is 0 Å². The minimum absolute atomic E-state index is 0.412. The zero-order valence-electron chi connectivity index (χ0n) is 10.1. The van der Waals surface area contributed by atoms with E-state index in [2.05, 4.69) is 76.6 Å². The Hall–Kier alpha value is -0.800. The highest BCUT2D eigenvalue weighted by Crippen LogP contribution is 2.31. The summed E-state index contributed by atoms with van der Waals surface area (Å²) in [4.78, 5) is 3.74. The Morgan fingerprint density at radius 2 is 2.00 bits per heavy atom. The summed E-state index contributed by atoms with van der Waals surface area (Å²) in [6.07, 6.45) is 0. The number of halogens is 1. The molecule has 0 amide bonds. The lowest BCUT2D eigenvalue weighted by Crippen LogP contribution is -2.21. The fourth-order valence-electron chi connectivity index (χ4n) is 1.90. The third-order valence-electron chi connectivity index (χ3n) is 3.05. The number of benzene rings is 1. The maximum absolute atomic E-state index is 3.55. The normalized spacial score (nSPS) is 12.4. The highest BCUT2D eigenvalue weighted by atomic mass is 79.9. The van der Waals surface area contributed by atoms with Crippen LogP contribution < -0.4 is 4.90 Å². The molecule has 1 atom stereocenters. The van der Waals surface area contributed by atoms with Gasteiger partial charge in [-0.05, 0) is 30.0 Å². The summed E-state index contributed by atoms with van der Waals surface area (Å²) in [6.45, 7) is 2.25. The van der Waals surface area contributed by atoms with Crippen LogP contribution in [0.25, 0.3) is 0 Å². The molecule has 0 aliphatic heterocycles. The minimum atomic E-state index is 0.412. The zero-order chi connectivity index (χ0) is 12.3. The van der Waals surface area contributed by atoms with E-state index >= 15 is 0 Å². The van der Waals surface area contributed by atoms with Gasteiger partial charge in [-0.25, -0.2) is 0 Å². The van der Waals surface area contributed by atoms with Crippen molar-refractivity contribution in [1.82, 2.24) is 0 Å². The maximum Gasteiger partial charge on any atom is 0.0603 e. The molecule has 1 aromatic heterocycles. The van der Waals surface area contributed by atoms with Crippen LogP contribution in [-0.2, 0) is 5.33 Å². The third-order valence-corrected chi connectivity index (χ3v) is 4.70. The molecule has 3 heteroatoms. The van der Waals surface area contributed by atoms with Crippen molar-refractivity contribution < 1.29 is 0 Å². The Balaban J connectivity index is 2.27. The van der Waals surface area contributed by atoms with Crippen molar-refractivity contribution in [3.8, 4) is 0 Å². The van der Waals surface area contributed by atoms with Crippen LogP contribution >= 0.6 is 27.3 Å². The molecule has 0 saturated heterocycles. The number of anilines is 1. The van der Waals surface area contributed by atoms with Gasteiger partial charge in [0.15, 0.2) is 0 Å². The molecule has 1 aromatic carbocycles. The molecule has 2 rings (SSSR count). The lowest BCUT2D eigenvalue weighted by molar-refractivity contribution is 0.751. The van der Waals surface area contributed by atoms with Crippen molar-refractivity contribution in [2.24, 2.45) is 0 Å². The second-order valence-electron chi connectivity index (χ2n) is 4.06. The summed E-state index contributed by atoms with van der Waals surface area (Å²) in [7, 11) is 2.16. The number of thiophene rings is 1. The van der Waals surface area contributed by atoms with Gasteiger partial charge in [0.1, 0.15) is 0 Å². The number of nitrogens with zero attached hydrogens (tertiary/aromatic N) is 1. The summed E-state index contributed by atoms with van der Waals surface area (Å²) in [5.74, 6) is 0. The van der Waals surface area contributed by atoms with Crippen LogP contribution in [0.3, 0.4) is 0 Å². The highest BCUT2D eigenvalue weighted by Gasteiger charge is 2.15. The molecule has 0 N–H and O–H groups in total. The Bertz CT molecular complexity index is 467. The van der Waals surface area contributed by atoms with E-state index < -0.39 is 0 Å². The van der Waals surface area contributed by atoms with Crippen LogP contribution in [0.15, 0.2) is 41.8 Å². The molecule has 1 heterocycles. The summed E-state index contributed by atoms with van der Waals surface area (Å²) < 4.78 is 0. The second kappa shape index (κ2) is 5.69. The average molecular weight is 310 g/mol. The SMILES string of the molecule is CC(c1cccs1)N(C)c1ccccc1CBr. The minimum Gasteiger partial charge on any atom is -0.367 e. The Morgan fingerprint density at radius 3 is 2.65 bits per heavy atom. The summed E-state index contributed by atoms with van der Waals surface area (Å²) >= 11 is 5.36. The molecule has 0 saturated carbocycles. The molecule has 1 unspecified atom stereocenters. The molecule has 0 aliphatic rings. The van der Waals surface area contributed by atoms with Gasteiger partial charge in [0.05, 0.1) is 6.04 Å². The van der Waals surface area contributed by atoms with Gasteiger partial charge in [-0.2, -0.15) is 0 Å². The smallest absolute Gasteiger partial charge is 0.0603 e. The van der Waals surface area contributed by atoms with Crippen LogP contribution in [0.2, 0.25) is 0 Å². The highest BCUT2D eigenvalue weighted by molar-refractivity contribution is 9.08. The van der Waals surface area contributed by atoms with Gasteiger partial charge in [0.25, 0.3) is 0 Å². The van der Waals surface area contributed by atoms with Crippen LogP contribution in [0.5, 0.6) is 0 Å². The van der Waals surface area contributed by atoms with E-state index in [1.54, 1.807) is 0 Å². The van der Waals surface area contributed by atoms with Gasteiger partial charge in [-0.1, -0.05) is 40.2 Å². The Labute approximate surface area is 115 Å². The van der Waals surface area contributed by atoms with Gasteiger partial charge in [-0.3, -0.25) is 0 Å². The number of para-hydroxylation sites is 1. The number of rotatable bonds is 4. The molecule has 2 aromatic rings. The van der Waals surface area contributed by atoms with Crippen LogP contribution in [0.4, 0.5) is 5.69 Å². The largest absolute Gasteiger partial charge is 0.367 e. The first-order chi connectivity index (χ1) is 8.24. The Kier molecular flexibility index (Phi) is 4.24. The zero-order valence-corrected chi connectivity index (χ0v) is 12.5. The lowest BCUT2D eigenvalue weighted by Gasteiger charge is -2.28. The van der Waals surface area contributed by atoms with Crippen molar-refractivity contribution >= 4 is 33.0 Å². The molecule has 17 heavy (non-hydrogen) atoms. The predicted molar refractivity (Wildman–Crippen MR) is 80.2 cm³/mol. The fourth-order valence-corrected chi connectivity index (χ4v) is 3.20. The third kappa shape index (κ3) is 2.72. The first kappa shape index (κ1) is 12.7. The average Bonchev–Trinajstić information content (AvgIpc) is 2.90. The molecule has 0 spiro atoms. The quantitative estimate of drug-likeness (QED) is 0.730. The first-order valence-corrected chi connectivity index (χ1v) is 7.64. The van der Waals surface area contributed by atoms with Crippen molar-refractivity contribution in [2.45, 2.75) is 18.3 Å². The monoisotopic (exact) mass is 309 g/mol. The van der Waals surface area contributed by atoms with Gasteiger partial charge in [0, 0.05) is 22.9 Å². The molecule has 0 bridgehead atoms. The number of hydrogen-bond acceptors (Lipinski definition) is 2. The van der Waals surface area contributed by atoms with Gasteiger partial charge < -0.3 is 4.90 Å². The summed E-state index contributed by atoms with van der Waals surface area (Å²) in [5, 5.41) is 3.03. The van der Waals surface area contributed by atoms with Gasteiger partial charge in [-0.15, -0.1) is 11.3 Å². The second-order valence-corrected chi connectivity index (χ2v) is 5.60. The van der Waals surface area contributed by atoms with Crippen LogP contribution in [0, 0.1) is 0 Å². The van der Waals surface area contributed by atoms with E-state index in [1.807, 2.05) is 11.3 Å². The predicted octanol–water partition coefficient (Wildman–Crippen LogP) is 4.84. The molecule has 1 nitrogen and oxygen atoms in total. The topological polar surface area (TPSA) is 3.24 Å². The van der Waals surface area contributed by atoms with Gasteiger partial charge in [0.2, 0.25) is 0 Å².